The fraction of sp³-hybridized carbons (Fsp3) is 0.250. The van der Waals surface area contributed by atoms with Crippen LogP contribution < -0.4 is 10.1 Å². The van der Waals surface area contributed by atoms with Crippen molar-refractivity contribution in [2.24, 2.45) is 0 Å². The van der Waals surface area contributed by atoms with Crippen molar-refractivity contribution in [1.82, 2.24) is 15.0 Å². The maximum absolute atomic E-state index is 10.9. The number of anilines is 1. The molecular formula is C12H13N5O3. The van der Waals surface area contributed by atoms with Crippen LogP contribution in [0.3, 0.4) is 0 Å². The van der Waals surface area contributed by atoms with Crippen LogP contribution in [0, 0.1) is 10.1 Å². The van der Waals surface area contributed by atoms with Crippen molar-refractivity contribution in [3.63, 3.8) is 0 Å². The summed E-state index contributed by atoms with van der Waals surface area (Å²) < 4.78 is 5.40. The molecule has 2 aromatic heterocycles. The van der Waals surface area contributed by atoms with E-state index in [0.717, 1.165) is 12.6 Å². The van der Waals surface area contributed by atoms with Gasteiger partial charge in [-0.15, -0.1) is 0 Å². The zero-order valence-corrected chi connectivity index (χ0v) is 10.8. The predicted molar refractivity (Wildman–Crippen MR) is 71.8 cm³/mol. The molecule has 0 amide bonds. The summed E-state index contributed by atoms with van der Waals surface area (Å²) in [5, 5.41) is 13.9. The summed E-state index contributed by atoms with van der Waals surface area (Å²) in [5.74, 6) is 0.545. The van der Waals surface area contributed by atoms with Gasteiger partial charge in [-0.25, -0.2) is 4.98 Å². The third kappa shape index (κ3) is 3.37. The number of nitrogens with one attached hydrogen (secondary N) is 1. The van der Waals surface area contributed by atoms with Crippen LogP contribution >= 0.6 is 0 Å². The Kier molecular flexibility index (Phi) is 4.38. The smallest absolute Gasteiger partial charge is 0.349 e. The van der Waals surface area contributed by atoms with E-state index in [1.807, 2.05) is 6.92 Å². The standard InChI is InChI=1S/C12H13N5O3/c1-2-5-14-12-15-8-10(17(18)19)11(16-12)20-9-4-3-6-13-7-9/h3-4,6-8H,2,5H2,1H3,(H,14,15,16). The zero-order chi connectivity index (χ0) is 14.4. The van der Waals surface area contributed by atoms with Crippen LogP contribution in [0.1, 0.15) is 13.3 Å². The molecular weight excluding hydrogens is 262 g/mol. The number of rotatable bonds is 6. The Hall–Kier alpha value is -2.77. The summed E-state index contributed by atoms with van der Waals surface area (Å²) in [4.78, 5) is 22.1. The molecule has 0 aromatic carbocycles. The van der Waals surface area contributed by atoms with Crippen LogP contribution in [0.2, 0.25) is 0 Å². The van der Waals surface area contributed by atoms with E-state index < -0.39 is 4.92 Å². The normalized spacial score (nSPS) is 10.1. The molecule has 2 heterocycles. The number of nitrogens with zero attached hydrogens (tertiary/aromatic N) is 4. The molecule has 0 radical (unpaired) electrons. The van der Waals surface area contributed by atoms with E-state index in [4.69, 9.17) is 4.74 Å². The lowest BCUT2D eigenvalue weighted by atomic mass is 10.4. The van der Waals surface area contributed by atoms with E-state index in [9.17, 15) is 10.1 Å². The van der Waals surface area contributed by atoms with E-state index in [-0.39, 0.29) is 17.5 Å². The molecule has 0 aliphatic carbocycles. The third-order valence-electron chi connectivity index (χ3n) is 2.31. The minimum atomic E-state index is -0.588. The van der Waals surface area contributed by atoms with Crippen LogP contribution in [-0.2, 0) is 0 Å². The van der Waals surface area contributed by atoms with Gasteiger partial charge in [0, 0.05) is 12.7 Å². The van der Waals surface area contributed by atoms with E-state index in [1.165, 1.54) is 6.20 Å². The van der Waals surface area contributed by atoms with E-state index >= 15 is 0 Å². The van der Waals surface area contributed by atoms with Gasteiger partial charge < -0.3 is 10.1 Å². The van der Waals surface area contributed by atoms with E-state index in [1.54, 1.807) is 18.3 Å². The first-order valence-electron chi connectivity index (χ1n) is 6.04. The molecule has 0 fully saturated rings. The van der Waals surface area contributed by atoms with Crippen molar-refractivity contribution in [1.29, 1.82) is 0 Å². The van der Waals surface area contributed by atoms with Crippen molar-refractivity contribution in [3.8, 4) is 11.6 Å². The summed E-state index contributed by atoms with van der Waals surface area (Å²) in [7, 11) is 0. The van der Waals surface area contributed by atoms with Crippen LogP contribution in [0.5, 0.6) is 11.6 Å². The highest BCUT2D eigenvalue weighted by Crippen LogP contribution is 2.28. The van der Waals surface area contributed by atoms with Gasteiger partial charge in [-0.05, 0) is 18.6 Å². The first kappa shape index (κ1) is 13.7. The fourth-order valence-electron chi connectivity index (χ4n) is 1.40. The van der Waals surface area contributed by atoms with Gasteiger partial charge in [0.2, 0.25) is 5.95 Å². The van der Waals surface area contributed by atoms with Gasteiger partial charge in [0.25, 0.3) is 0 Å². The number of hydrogen-bond donors (Lipinski definition) is 1. The maximum Gasteiger partial charge on any atom is 0.349 e. The molecule has 0 atom stereocenters. The summed E-state index contributed by atoms with van der Waals surface area (Å²) >= 11 is 0. The summed E-state index contributed by atoms with van der Waals surface area (Å²) in [6.07, 6.45) is 5.04. The summed E-state index contributed by atoms with van der Waals surface area (Å²) in [5.41, 5.74) is -0.295. The Morgan fingerprint density at radius 3 is 2.95 bits per heavy atom. The topological polar surface area (TPSA) is 103 Å². The Labute approximate surface area is 115 Å². The molecule has 0 saturated heterocycles. The predicted octanol–water partition coefficient (Wildman–Crippen LogP) is 2.39. The average molecular weight is 275 g/mol. The molecule has 0 saturated carbocycles. The lowest BCUT2D eigenvalue weighted by molar-refractivity contribution is -0.386. The molecule has 0 bridgehead atoms. The summed E-state index contributed by atoms with van der Waals surface area (Å²) in [6.45, 7) is 2.66. The van der Waals surface area contributed by atoms with Gasteiger partial charge in [0.1, 0.15) is 11.9 Å². The highest BCUT2D eigenvalue weighted by atomic mass is 16.6. The summed E-state index contributed by atoms with van der Waals surface area (Å²) in [6, 6.07) is 3.30. The molecule has 2 aromatic rings. The molecule has 2 rings (SSSR count). The Morgan fingerprint density at radius 2 is 2.30 bits per heavy atom. The highest BCUT2D eigenvalue weighted by molar-refractivity contribution is 5.45. The Balaban J connectivity index is 2.29. The van der Waals surface area contributed by atoms with Gasteiger partial charge in [-0.2, -0.15) is 4.98 Å². The van der Waals surface area contributed by atoms with Gasteiger partial charge in [0.05, 0.1) is 11.1 Å². The van der Waals surface area contributed by atoms with Crippen molar-refractivity contribution in [2.45, 2.75) is 13.3 Å². The van der Waals surface area contributed by atoms with E-state index in [2.05, 4.69) is 20.3 Å². The second-order valence-electron chi connectivity index (χ2n) is 3.86. The second-order valence-corrected chi connectivity index (χ2v) is 3.86. The van der Waals surface area contributed by atoms with Crippen molar-refractivity contribution < 1.29 is 9.66 Å². The maximum atomic E-state index is 10.9. The van der Waals surface area contributed by atoms with Crippen LogP contribution in [0.4, 0.5) is 11.6 Å². The molecule has 0 spiro atoms. The lowest BCUT2D eigenvalue weighted by Crippen LogP contribution is -2.06. The molecule has 104 valence electrons. The second kappa shape index (κ2) is 6.41. The number of pyridine rings is 1. The lowest BCUT2D eigenvalue weighted by Gasteiger charge is -2.07. The number of hydrogen-bond acceptors (Lipinski definition) is 7. The number of nitro groups is 1. The molecule has 8 nitrogen and oxygen atoms in total. The van der Waals surface area contributed by atoms with Gasteiger partial charge in [0.15, 0.2) is 0 Å². The largest absolute Gasteiger partial charge is 0.432 e. The van der Waals surface area contributed by atoms with Crippen LogP contribution in [0.25, 0.3) is 0 Å². The van der Waals surface area contributed by atoms with E-state index in [0.29, 0.717) is 12.3 Å². The van der Waals surface area contributed by atoms with Gasteiger partial charge in [-0.1, -0.05) is 6.92 Å². The SMILES string of the molecule is CCCNc1ncc([N+](=O)[O-])c(Oc2cccnc2)n1. The minimum Gasteiger partial charge on any atom is -0.432 e. The molecule has 0 unspecified atom stereocenters. The first-order valence-corrected chi connectivity index (χ1v) is 6.04. The minimum absolute atomic E-state index is 0.114. The third-order valence-corrected chi connectivity index (χ3v) is 2.31. The molecule has 20 heavy (non-hydrogen) atoms. The molecule has 0 aliphatic rings. The zero-order valence-electron chi connectivity index (χ0n) is 10.8. The van der Waals surface area contributed by atoms with Gasteiger partial charge >= 0.3 is 11.6 Å². The van der Waals surface area contributed by atoms with Crippen molar-refractivity contribution in [2.75, 3.05) is 11.9 Å². The van der Waals surface area contributed by atoms with Crippen LogP contribution in [0.15, 0.2) is 30.7 Å². The average Bonchev–Trinajstić information content (AvgIpc) is 2.46. The quantitative estimate of drug-likeness (QED) is 0.637. The van der Waals surface area contributed by atoms with Gasteiger partial charge in [-0.3, -0.25) is 15.1 Å². The Bertz CT molecular complexity index is 591. The number of ether oxygens (including phenoxy) is 1. The fourth-order valence-corrected chi connectivity index (χ4v) is 1.40. The highest BCUT2D eigenvalue weighted by Gasteiger charge is 2.19. The monoisotopic (exact) mass is 275 g/mol. The van der Waals surface area contributed by atoms with Crippen LogP contribution in [-0.4, -0.2) is 26.4 Å². The molecule has 8 heteroatoms. The molecule has 0 aliphatic heterocycles. The number of aromatic nitrogens is 3. The Morgan fingerprint density at radius 1 is 1.45 bits per heavy atom. The van der Waals surface area contributed by atoms with Crippen molar-refractivity contribution >= 4 is 11.6 Å². The van der Waals surface area contributed by atoms with Crippen molar-refractivity contribution in [3.05, 3.63) is 40.8 Å². The molecule has 1 N–H and O–H groups in total. The first-order chi connectivity index (χ1) is 9.70.